The molecule has 2 aliphatic carbocycles. The van der Waals surface area contributed by atoms with E-state index in [0.717, 1.165) is 18.3 Å². The van der Waals surface area contributed by atoms with E-state index in [1.54, 1.807) is 0 Å². The Morgan fingerprint density at radius 1 is 1.06 bits per heavy atom. The Kier molecular flexibility index (Phi) is 3.34. The molecule has 94 valence electrons. The number of aryl methyl sites for hydroxylation is 1. The number of hydrogen-bond donors (Lipinski definition) is 2. The summed E-state index contributed by atoms with van der Waals surface area (Å²) in [5.41, 5.74) is 2.84. The fourth-order valence-electron chi connectivity index (χ4n) is 3.26. The zero-order valence-corrected chi connectivity index (χ0v) is 10.6. The highest BCUT2D eigenvalue weighted by Crippen LogP contribution is 2.27. The fourth-order valence-corrected chi connectivity index (χ4v) is 3.26. The molecule has 0 unspecified atom stereocenters. The summed E-state index contributed by atoms with van der Waals surface area (Å²) < 4.78 is 0. The maximum absolute atomic E-state index is 4.45. The summed E-state index contributed by atoms with van der Waals surface area (Å²) in [6.07, 6.45) is 12.1. The van der Waals surface area contributed by atoms with E-state index in [1.165, 1.54) is 69.0 Å². The van der Waals surface area contributed by atoms with Gasteiger partial charge in [0.1, 0.15) is 0 Å². The van der Waals surface area contributed by atoms with Crippen LogP contribution in [0, 0.1) is 5.92 Å². The minimum Gasteiger partial charge on any atom is -0.368 e. The van der Waals surface area contributed by atoms with Crippen LogP contribution < -0.4 is 5.32 Å². The van der Waals surface area contributed by atoms with E-state index >= 15 is 0 Å². The molecule has 1 saturated carbocycles. The molecule has 0 saturated heterocycles. The summed E-state index contributed by atoms with van der Waals surface area (Å²) in [5.74, 6) is 2.02. The van der Waals surface area contributed by atoms with Gasteiger partial charge in [-0.3, -0.25) is 5.10 Å². The highest BCUT2D eigenvalue weighted by molar-refractivity contribution is 5.47. The topological polar surface area (TPSA) is 40.7 Å². The van der Waals surface area contributed by atoms with Gasteiger partial charge in [0.15, 0.2) is 5.82 Å². The Bertz CT molecular complexity index is 364. The molecular weight excluding hydrogens is 210 g/mol. The van der Waals surface area contributed by atoms with Crippen molar-refractivity contribution in [3.8, 4) is 0 Å². The van der Waals surface area contributed by atoms with Crippen molar-refractivity contribution in [3.63, 3.8) is 0 Å². The Balaban J connectivity index is 1.59. The lowest BCUT2D eigenvalue weighted by Gasteiger charge is -2.22. The molecule has 1 aromatic rings. The lowest BCUT2D eigenvalue weighted by atomic mass is 9.89. The van der Waals surface area contributed by atoms with E-state index in [0.29, 0.717) is 0 Å². The van der Waals surface area contributed by atoms with Crippen LogP contribution in [0.25, 0.3) is 0 Å². The van der Waals surface area contributed by atoms with Gasteiger partial charge >= 0.3 is 0 Å². The Hall–Kier alpha value is -0.990. The SMILES string of the molecule is C1CCC(CNc2n[nH]c3c2CCCC3)CC1. The lowest BCUT2D eigenvalue weighted by molar-refractivity contribution is 0.373. The number of aromatic nitrogens is 2. The molecule has 17 heavy (non-hydrogen) atoms. The zero-order valence-electron chi connectivity index (χ0n) is 10.6. The standard InChI is InChI=1S/C14H23N3/c1-2-6-11(7-3-1)10-15-14-12-8-4-5-9-13(12)16-17-14/h11H,1-10H2,(H2,15,16,17). The third-order valence-corrected chi connectivity index (χ3v) is 4.34. The van der Waals surface area contributed by atoms with E-state index in [9.17, 15) is 0 Å². The Morgan fingerprint density at radius 3 is 2.76 bits per heavy atom. The first-order valence-corrected chi connectivity index (χ1v) is 7.23. The first kappa shape index (κ1) is 11.1. The smallest absolute Gasteiger partial charge is 0.151 e. The largest absolute Gasteiger partial charge is 0.368 e. The molecule has 3 heteroatoms. The maximum atomic E-state index is 4.45. The van der Waals surface area contributed by atoms with Gasteiger partial charge in [0.2, 0.25) is 0 Å². The van der Waals surface area contributed by atoms with Crippen molar-refractivity contribution in [1.29, 1.82) is 0 Å². The molecule has 3 rings (SSSR count). The van der Waals surface area contributed by atoms with Crippen molar-refractivity contribution in [2.75, 3.05) is 11.9 Å². The zero-order chi connectivity index (χ0) is 11.5. The van der Waals surface area contributed by atoms with Crippen molar-refractivity contribution < 1.29 is 0 Å². The quantitative estimate of drug-likeness (QED) is 0.841. The van der Waals surface area contributed by atoms with Crippen LogP contribution in [-0.4, -0.2) is 16.7 Å². The average Bonchev–Trinajstić information content (AvgIpc) is 2.81. The molecule has 0 aromatic carbocycles. The average molecular weight is 233 g/mol. The molecule has 0 bridgehead atoms. The number of hydrogen-bond acceptors (Lipinski definition) is 2. The van der Waals surface area contributed by atoms with E-state index in [2.05, 4.69) is 15.5 Å². The third-order valence-electron chi connectivity index (χ3n) is 4.34. The van der Waals surface area contributed by atoms with Crippen LogP contribution in [0.15, 0.2) is 0 Å². The second-order valence-electron chi connectivity index (χ2n) is 5.62. The predicted molar refractivity (Wildman–Crippen MR) is 70.3 cm³/mol. The molecule has 0 amide bonds. The van der Waals surface area contributed by atoms with Crippen LogP contribution in [0.5, 0.6) is 0 Å². The van der Waals surface area contributed by atoms with E-state index in [-0.39, 0.29) is 0 Å². The second kappa shape index (κ2) is 5.11. The fraction of sp³-hybridized carbons (Fsp3) is 0.786. The summed E-state index contributed by atoms with van der Waals surface area (Å²) >= 11 is 0. The summed E-state index contributed by atoms with van der Waals surface area (Å²) in [7, 11) is 0. The minimum atomic E-state index is 0.875. The molecule has 2 N–H and O–H groups in total. The van der Waals surface area contributed by atoms with Crippen LogP contribution >= 0.6 is 0 Å². The number of aromatic amines is 1. The van der Waals surface area contributed by atoms with Gasteiger partial charge in [-0.1, -0.05) is 19.3 Å². The molecule has 2 aliphatic rings. The molecule has 0 spiro atoms. The third kappa shape index (κ3) is 2.48. The summed E-state index contributed by atoms with van der Waals surface area (Å²) in [6.45, 7) is 1.12. The van der Waals surface area contributed by atoms with Crippen LogP contribution in [-0.2, 0) is 12.8 Å². The highest BCUT2D eigenvalue weighted by atomic mass is 15.2. The monoisotopic (exact) mass is 233 g/mol. The van der Waals surface area contributed by atoms with Crippen molar-refractivity contribution in [1.82, 2.24) is 10.2 Å². The molecule has 1 fully saturated rings. The van der Waals surface area contributed by atoms with Gasteiger partial charge in [-0.2, -0.15) is 5.10 Å². The van der Waals surface area contributed by atoms with Gasteiger partial charge in [0, 0.05) is 17.8 Å². The summed E-state index contributed by atoms with van der Waals surface area (Å²) in [5, 5.41) is 11.2. The Morgan fingerprint density at radius 2 is 1.88 bits per heavy atom. The first-order chi connectivity index (χ1) is 8.43. The number of H-pyrrole nitrogens is 1. The van der Waals surface area contributed by atoms with Gasteiger partial charge in [0.05, 0.1) is 0 Å². The summed E-state index contributed by atoms with van der Waals surface area (Å²) in [4.78, 5) is 0. The number of fused-ring (bicyclic) bond motifs is 1. The highest BCUT2D eigenvalue weighted by Gasteiger charge is 2.18. The van der Waals surface area contributed by atoms with Crippen molar-refractivity contribution in [2.45, 2.75) is 57.8 Å². The van der Waals surface area contributed by atoms with E-state index in [4.69, 9.17) is 0 Å². The normalized spacial score (nSPS) is 21.2. The molecule has 3 nitrogen and oxygen atoms in total. The van der Waals surface area contributed by atoms with Crippen LogP contribution in [0.1, 0.15) is 56.2 Å². The van der Waals surface area contributed by atoms with Crippen LogP contribution in [0.4, 0.5) is 5.82 Å². The summed E-state index contributed by atoms with van der Waals surface area (Å²) in [6, 6.07) is 0. The second-order valence-corrected chi connectivity index (χ2v) is 5.62. The van der Waals surface area contributed by atoms with Crippen LogP contribution in [0.2, 0.25) is 0 Å². The van der Waals surface area contributed by atoms with Crippen molar-refractivity contribution in [2.24, 2.45) is 5.92 Å². The minimum absolute atomic E-state index is 0.875. The van der Waals surface area contributed by atoms with Crippen molar-refractivity contribution in [3.05, 3.63) is 11.3 Å². The molecule has 1 aromatic heterocycles. The van der Waals surface area contributed by atoms with Gasteiger partial charge in [0.25, 0.3) is 0 Å². The number of anilines is 1. The van der Waals surface area contributed by atoms with Gasteiger partial charge < -0.3 is 5.32 Å². The Labute approximate surface area is 103 Å². The van der Waals surface area contributed by atoms with Gasteiger partial charge in [-0.15, -0.1) is 0 Å². The van der Waals surface area contributed by atoms with E-state index in [1.807, 2.05) is 0 Å². The van der Waals surface area contributed by atoms with E-state index < -0.39 is 0 Å². The predicted octanol–water partition coefficient (Wildman–Crippen LogP) is 3.28. The number of nitrogens with one attached hydrogen (secondary N) is 2. The number of nitrogens with zero attached hydrogens (tertiary/aromatic N) is 1. The molecule has 1 heterocycles. The molecular formula is C14H23N3. The van der Waals surface area contributed by atoms with Crippen molar-refractivity contribution >= 4 is 5.82 Å². The molecule has 0 aliphatic heterocycles. The maximum Gasteiger partial charge on any atom is 0.151 e. The number of rotatable bonds is 3. The molecule has 0 radical (unpaired) electrons. The van der Waals surface area contributed by atoms with Gasteiger partial charge in [-0.05, 0) is 44.4 Å². The lowest BCUT2D eigenvalue weighted by Crippen LogP contribution is -2.18. The van der Waals surface area contributed by atoms with Gasteiger partial charge in [-0.25, -0.2) is 0 Å². The first-order valence-electron chi connectivity index (χ1n) is 7.23. The van der Waals surface area contributed by atoms with Crippen LogP contribution in [0.3, 0.4) is 0 Å². The molecule has 0 atom stereocenters.